The van der Waals surface area contributed by atoms with Gasteiger partial charge in [0.2, 0.25) is 0 Å². The van der Waals surface area contributed by atoms with Crippen molar-refractivity contribution in [3.8, 4) is 5.75 Å². The van der Waals surface area contributed by atoms with Gasteiger partial charge in [0.1, 0.15) is 5.75 Å². The third-order valence-corrected chi connectivity index (χ3v) is 3.25. The lowest BCUT2D eigenvalue weighted by atomic mass is 10.2. The number of ether oxygens (including phenoxy) is 1. The fraction of sp³-hybridized carbons (Fsp3) is 0.235. The second-order valence-corrected chi connectivity index (χ2v) is 5.10. The highest BCUT2D eigenvalue weighted by Gasteiger charge is 2.09. The van der Waals surface area contributed by atoms with E-state index in [1.165, 1.54) is 0 Å². The van der Waals surface area contributed by atoms with Crippen molar-refractivity contribution in [2.45, 2.75) is 19.8 Å². The molecule has 4 heteroatoms. The van der Waals surface area contributed by atoms with Crippen LogP contribution in [0.25, 0.3) is 0 Å². The lowest BCUT2D eigenvalue weighted by Gasteiger charge is -2.12. The summed E-state index contributed by atoms with van der Waals surface area (Å²) in [7, 11) is 0. The summed E-state index contributed by atoms with van der Waals surface area (Å²) in [5, 5.41) is 3.47. The molecule has 0 radical (unpaired) electrons. The number of carbonyl (C=O) groups is 1. The summed E-state index contributed by atoms with van der Waals surface area (Å²) < 4.78 is 5.70. The minimum atomic E-state index is -0.182. The Morgan fingerprint density at radius 1 is 1.14 bits per heavy atom. The summed E-state index contributed by atoms with van der Waals surface area (Å²) in [5.41, 5.74) is 1.23. The van der Waals surface area contributed by atoms with Crippen LogP contribution >= 0.6 is 11.6 Å². The number of hydrogen-bond acceptors (Lipinski definition) is 2. The van der Waals surface area contributed by atoms with Gasteiger partial charge in [-0.3, -0.25) is 4.79 Å². The van der Waals surface area contributed by atoms with Crippen molar-refractivity contribution in [2.75, 3.05) is 11.9 Å². The second-order valence-electron chi connectivity index (χ2n) is 4.66. The number of halogens is 1. The second kappa shape index (κ2) is 7.70. The van der Waals surface area contributed by atoms with Crippen molar-refractivity contribution < 1.29 is 9.53 Å². The zero-order valence-electron chi connectivity index (χ0n) is 11.9. The summed E-state index contributed by atoms with van der Waals surface area (Å²) in [5.74, 6) is 0.506. The Kier molecular flexibility index (Phi) is 5.64. The van der Waals surface area contributed by atoms with E-state index in [9.17, 15) is 4.79 Å². The van der Waals surface area contributed by atoms with Crippen molar-refractivity contribution in [1.29, 1.82) is 0 Å². The van der Waals surface area contributed by atoms with Gasteiger partial charge in [-0.15, -0.1) is 0 Å². The first-order valence-corrected chi connectivity index (χ1v) is 7.37. The Balaban J connectivity index is 2.08. The van der Waals surface area contributed by atoms with E-state index in [0.717, 1.165) is 12.8 Å². The molecule has 0 saturated carbocycles. The molecule has 110 valence electrons. The maximum Gasteiger partial charge on any atom is 0.255 e. The van der Waals surface area contributed by atoms with E-state index >= 15 is 0 Å². The Hall–Kier alpha value is -2.00. The van der Waals surface area contributed by atoms with Gasteiger partial charge in [0.15, 0.2) is 0 Å². The molecule has 1 N–H and O–H groups in total. The van der Waals surface area contributed by atoms with Crippen molar-refractivity contribution in [3.05, 3.63) is 59.1 Å². The van der Waals surface area contributed by atoms with Crippen LogP contribution in [-0.4, -0.2) is 12.5 Å². The van der Waals surface area contributed by atoms with E-state index in [4.69, 9.17) is 16.3 Å². The van der Waals surface area contributed by atoms with Gasteiger partial charge in [0.25, 0.3) is 5.91 Å². The minimum absolute atomic E-state index is 0.182. The molecule has 1 amide bonds. The smallest absolute Gasteiger partial charge is 0.255 e. The number of anilines is 1. The van der Waals surface area contributed by atoms with Crippen LogP contribution in [-0.2, 0) is 0 Å². The first kappa shape index (κ1) is 15.4. The van der Waals surface area contributed by atoms with Gasteiger partial charge in [-0.25, -0.2) is 0 Å². The highest BCUT2D eigenvalue weighted by molar-refractivity contribution is 6.30. The molecule has 0 aliphatic rings. The van der Waals surface area contributed by atoms with Crippen LogP contribution in [0.2, 0.25) is 5.02 Å². The largest absolute Gasteiger partial charge is 0.491 e. The number of unbranched alkanes of at least 4 members (excludes halogenated alkanes) is 1. The maximum atomic E-state index is 12.2. The quantitative estimate of drug-likeness (QED) is 0.781. The first-order chi connectivity index (χ1) is 10.2. The van der Waals surface area contributed by atoms with Crippen molar-refractivity contribution >= 4 is 23.2 Å². The molecule has 21 heavy (non-hydrogen) atoms. The average molecular weight is 304 g/mol. The van der Waals surface area contributed by atoms with Crippen LogP contribution in [0.15, 0.2) is 48.5 Å². The van der Waals surface area contributed by atoms with E-state index in [-0.39, 0.29) is 5.91 Å². The van der Waals surface area contributed by atoms with Crippen LogP contribution in [0.1, 0.15) is 30.1 Å². The number of hydrogen-bond donors (Lipinski definition) is 1. The van der Waals surface area contributed by atoms with Crippen molar-refractivity contribution in [1.82, 2.24) is 0 Å². The third-order valence-electron chi connectivity index (χ3n) is 3.00. The first-order valence-electron chi connectivity index (χ1n) is 6.99. The summed E-state index contributed by atoms with van der Waals surface area (Å²) in [4.78, 5) is 12.2. The SMILES string of the molecule is CCCCOc1ccccc1NC(=O)c1ccc(Cl)cc1. The van der Waals surface area contributed by atoms with Crippen LogP contribution < -0.4 is 10.1 Å². The molecular formula is C17H18ClNO2. The molecule has 2 rings (SSSR count). The van der Waals surface area contributed by atoms with Gasteiger partial charge in [-0.2, -0.15) is 0 Å². The number of para-hydroxylation sites is 2. The Morgan fingerprint density at radius 3 is 2.57 bits per heavy atom. The summed E-state index contributed by atoms with van der Waals surface area (Å²) in [6.07, 6.45) is 2.05. The molecule has 0 spiro atoms. The van der Waals surface area contributed by atoms with Crippen LogP contribution in [0.3, 0.4) is 0 Å². The molecule has 0 heterocycles. The molecule has 2 aromatic carbocycles. The summed E-state index contributed by atoms with van der Waals surface area (Å²) in [6.45, 7) is 2.75. The number of carbonyl (C=O) groups excluding carboxylic acids is 1. The van der Waals surface area contributed by atoms with Gasteiger partial charge >= 0.3 is 0 Å². The van der Waals surface area contributed by atoms with E-state index in [0.29, 0.717) is 28.6 Å². The van der Waals surface area contributed by atoms with Gasteiger partial charge in [-0.1, -0.05) is 37.1 Å². The fourth-order valence-electron chi connectivity index (χ4n) is 1.82. The zero-order chi connectivity index (χ0) is 15.1. The average Bonchev–Trinajstić information content (AvgIpc) is 2.50. The highest BCUT2D eigenvalue weighted by Crippen LogP contribution is 2.24. The monoisotopic (exact) mass is 303 g/mol. The molecule has 0 aliphatic heterocycles. The molecule has 2 aromatic rings. The molecule has 3 nitrogen and oxygen atoms in total. The Labute approximate surface area is 129 Å². The number of nitrogens with one attached hydrogen (secondary N) is 1. The van der Waals surface area contributed by atoms with Gasteiger partial charge in [0.05, 0.1) is 12.3 Å². The van der Waals surface area contributed by atoms with E-state index < -0.39 is 0 Å². The molecule has 0 fully saturated rings. The lowest BCUT2D eigenvalue weighted by molar-refractivity contribution is 0.102. The fourth-order valence-corrected chi connectivity index (χ4v) is 1.94. The molecular weight excluding hydrogens is 286 g/mol. The summed E-state index contributed by atoms with van der Waals surface area (Å²) in [6, 6.07) is 14.2. The van der Waals surface area contributed by atoms with Gasteiger partial charge in [0, 0.05) is 10.6 Å². The molecule has 0 unspecified atom stereocenters. The summed E-state index contributed by atoms with van der Waals surface area (Å²) >= 11 is 5.82. The van der Waals surface area contributed by atoms with Crippen LogP contribution in [0, 0.1) is 0 Å². The molecule has 0 bridgehead atoms. The lowest BCUT2D eigenvalue weighted by Crippen LogP contribution is -2.13. The van der Waals surface area contributed by atoms with E-state index in [1.807, 2.05) is 24.3 Å². The maximum absolute atomic E-state index is 12.2. The number of amides is 1. The van der Waals surface area contributed by atoms with Crippen molar-refractivity contribution in [2.24, 2.45) is 0 Å². The topological polar surface area (TPSA) is 38.3 Å². The van der Waals surface area contributed by atoms with Gasteiger partial charge < -0.3 is 10.1 Å². The molecule has 0 atom stereocenters. The van der Waals surface area contributed by atoms with Crippen LogP contribution in [0.4, 0.5) is 5.69 Å². The van der Waals surface area contributed by atoms with Gasteiger partial charge in [-0.05, 0) is 42.8 Å². The van der Waals surface area contributed by atoms with Crippen molar-refractivity contribution in [3.63, 3.8) is 0 Å². The normalized spacial score (nSPS) is 10.2. The standard InChI is InChI=1S/C17H18ClNO2/c1-2-3-12-21-16-7-5-4-6-15(16)19-17(20)13-8-10-14(18)11-9-13/h4-11H,2-3,12H2,1H3,(H,19,20). The van der Waals surface area contributed by atoms with E-state index in [2.05, 4.69) is 12.2 Å². The Bertz CT molecular complexity index is 596. The van der Waals surface area contributed by atoms with E-state index in [1.54, 1.807) is 24.3 Å². The minimum Gasteiger partial charge on any atom is -0.491 e. The number of rotatable bonds is 6. The van der Waals surface area contributed by atoms with Crippen LogP contribution in [0.5, 0.6) is 5.75 Å². The molecule has 0 aromatic heterocycles. The molecule has 0 saturated heterocycles. The molecule has 0 aliphatic carbocycles. The number of benzene rings is 2. The predicted molar refractivity (Wildman–Crippen MR) is 86.3 cm³/mol. The highest BCUT2D eigenvalue weighted by atomic mass is 35.5. The Morgan fingerprint density at radius 2 is 1.86 bits per heavy atom. The zero-order valence-corrected chi connectivity index (χ0v) is 12.7. The third kappa shape index (κ3) is 4.50. The predicted octanol–water partition coefficient (Wildman–Crippen LogP) is 4.77.